The Morgan fingerprint density at radius 3 is 2.07 bits per heavy atom. The normalized spacial score (nSPS) is 37.7. The van der Waals surface area contributed by atoms with Gasteiger partial charge in [-0.15, -0.1) is 0 Å². The van der Waals surface area contributed by atoms with Crippen molar-refractivity contribution in [3.8, 4) is 0 Å². The monoisotopic (exact) mass is 406 g/mol. The van der Waals surface area contributed by atoms with E-state index >= 15 is 0 Å². The molecule has 0 aromatic heterocycles. The van der Waals surface area contributed by atoms with E-state index in [1.165, 1.54) is 21.3 Å². The van der Waals surface area contributed by atoms with Crippen molar-refractivity contribution < 1.29 is 33.4 Å². The molecule has 0 amide bonds. The SMILES string of the molecule is COC(=O)C1(C(=O)OC)CC[C@@H]2[C@H](C=C[C@H]3[C@](C)(C(=O)OC)C(=O)CC[C@]23C)C1. The minimum absolute atomic E-state index is 0.0432. The highest BCUT2D eigenvalue weighted by Gasteiger charge is 2.64. The Morgan fingerprint density at radius 1 is 0.931 bits per heavy atom. The van der Waals surface area contributed by atoms with Gasteiger partial charge in [0.1, 0.15) is 5.41 Å². The molecule has 0 aromatic carbocycles. The molecule has 160 valence electrons. The largest absolute Gasteiger partial charge is 0.468 e. The van der Waals surface area contributed by atoms with E-state index in [9.17, 15) is 19.2 Å². The Kier molecular flexibility index (Phi) is 5.39. The maximum atomic E-state index is 12.8. The first-order valence-electron chi connectivity index (χ1n) is 10.1. The molecule has 2 saturated carbocycles. The number of ether oxygens (including phenoxy) is 3. The van der Waals surface area contributed by atoms with Gasteiger partial charge in [0.05, 0.1) is 21.3 Å². The van der Waals surface area contributed by atoms with Crippen LogP contribution in [-0.4, -0.2) is 45.0 Å². The second kappa shape index (κ2) is 7.26. The van der Waals surface area contributed by atoms with Gasteiger partial charge in [-0.25, -0.2) is 0 Å². The summed E-state index contributed by atoms with van der Waals surface area (Å²) in [5, 5.41) is 0. The van der Waals surface area contributed by atoms with Crippen molar-refractivity contribution in [3.63, 3.8) is 0 Å². The molecule has 0 saturated heterocycles. The molecule has 5 atom stereocenters. The number of carbonyl (C=O) groups excluding carboxylic acids is 4. The van der Waals surface area contributed by atoms with E-state index in [0.717, 1.165) is 0 Å². The van der Waals surface area contributed by atoms with Gasteiger partial charge in [-0.1, -0.05) is 19.1 Å². The van der Waals surface area contributed by atoms with Crippen molar-refractivity contribution in [2.24, 2.45) is 34.0 Å². The van der Waals surface area contributed by atoms with Gasteiger partial charge in [-0.2, -0.15) is 0 Å². The molecule has 7 nitrogen and oxygen atoms in total. The molecular weight excluding hydrogens is 376 g/mol. The van der Waals surface area contributed by atoms with E-state index in [-0.39, 0.29) is 29.0 Å². The second-order valence-corrected chi connectivity index (χ2v) is 9.06. The van der Waals surface area contributed by atoms with Crippen LogP contribution < -0.4 is 0 Å². The van der Waals surface area contributed by atoms with Gasteiger partial charge in [0.2, 0.25) is 0 Å². The highest BCUT2D eigenvalue weighted by molar-refractivity contribution is 6.05. The first kappa shape index (κ1) is 21.5. The molecule has 0 heterocycles. The summed E-state index contributed by atoms with van der Waals surface area (Å²) in [5.74, 6) is -1.92. The number of rotatable bonds is 3. The highest BCUT2D eigenvalue weighted by atomic mass is 16.5. The lowest BCUT2D eigenvalue weighted by Gasteiger charge is -2.58. The van der Waals surface area contributed by atoms with Crippen molar-refractivity contribution >= 4 is 23.7 Å². The molecule has 0 aliphatic heterocycles. The summed E-state index contributed by atoms with van der Waals surface area (Å²) in [6.45, 7) is 3.81. The lowest BCUT2D eigenvalue weighted by molar-refractivity contribution is -0.179. The third-order valence-corrected chi connectivity index (χ3v) is 7.95. The molecule has 0 radical (unpaired) electrons. The van der Waals surface area contributed by atoms with Crippen LogP contribution in [0.5, 0.6) is 0 Å². The van der Waals surface area contributed by atoms with Gasteiger partial charge in [0, 0.05) is 12.3 Å². The van der Waals surface area contributed by atoms with E-state index < -0.39 is 28.7 Å². The Labute approximate surface area is 171 Å². The number of hydrogen-bond acceptors (Lipinski definition) is 7. The van der Waals surface area contributed by atoms with Crippen LogP contribution in [0.15, 0.2) is 12.2 Å². The molecule has 0 N–H and O–H groups in total. The smallest absolute Gasteiger partial charge is 0.323 e. The molecular formula is C22H30O7. The fraction of sp³-hybridized carbons (Fsp3) is 0.727. The minimum Gasteiger partial charge on any atom is -0.468 e. The Morgan fingerprint density at radius 2 is 1.52 bits per heavy atom. The van der Waals surface area contributed by atoms with Crippen molar-refractivity contribution in [1.82, 2.24) is 0 Å². The molecule has 0 bridgehead atoms. The Balaban J connectivity index is 2.02. The third kappa shape index (κ3) is 2.84. The topological polar surface area (TPSA) is 96.0 Å². The number of esters is 3. The van der Waals surface area contributed by atoms with Crippen molar-refractivity contribution in [3.05, 3.63) is 12.2 Å². The number of methoxy groups -OCH3 is 3. The summed E-state index contributed by atoms with van der Waals surface area (Å²) in [6, 6.07) is 0. The van der Waals surface area contributed by atoms with Crippen LogP contribution in [0.1, 0.15) is 46.0 Å². The predicted octanol–water partition coefficient (Wildman–Crippen LogP) is 2.47. The lowest BCUT2D eigenvalue weighted by Crippen LogP contribution is -2.59. The van der Waals surface area contributed by atoms with Crippen LogP contribution in [0.4, 0.5) is 0 Å². The summed E-state index contributed by atoms with van der Waals surface area (Å²) in [4.78, 5) is 50.5. The average molecular weight is 406 g/mol. The molecule has 3 aliphatic rings. The van der Waals surface area contributed by atoms with Gasteiger partial charge in [-0.05, 0) is 49.9 Å². The number of Topliss-reactive ketones (excluding diaryl/α,β-unsaturated/α-hetero) is 1. The average Bonchev–Trinajstić information content (AvgIpc) is 2.74. The van der Waals surface area contributed by atoms with Crippen molar-refractivity contribution in [2.75, 3.05) is 21.3 Å². The van der Waals surface area contributed by atoms with E-state index in [4.69, 9.17) is 14.2 Å². The molecule has 0 spiro atoms. The van der Waals surface area contributed by atoms with Gasteiger partial charge in [0.25, 0.3) is 0 Å². The van der Waals surface area contributed by atoms with Gasteiger partial charge in [-0.3, -0.25) is 19.2 Å². The van der Waals surface area contributed by atoms with E-state index in [1.807, 2.05) is 12.2 Å². The first-order valence-corrected chi connectivity index (χ1v) is 10.1. The highest BCUT2D eigenvalue weighted by Crippen LogP contribution is 2.62. The second-order valence-electron chi connectivity index (χ2n) is 9.06. The minimum atomic E-state index is -1.31. The molecule has 0 aromatic rings. The number of carbonyl (C=O) groups is 4. The maximum Gasteiger partial charge on any atom is 0.323 e. The van der Waals surface area contributed by atoms with Crippen LogP contribution >= 0.6 is 0 Å². The zero-order chi connectivity index (χ0) is 21.6. The molecule has 29 heavy (non-hydrogen) atoms. The van der Waals surface area contributed by atoms with Crippen LogP contribution in [0.2, 0.25) is 0 Å². The predicted molar refractivity (Wildman–Crippen MR) is 102 cm³/mol. The summed E-state index contributed by atoms with van der Waals surface area (Å²) in [6.07, 6.45) is 6.12. The number of allylic oxidation sites excluding steroid dienone is 2. The zero-order valence-corrected chi connectivity index (χ0v) is 17.8. The van der Waals surface area contributed by atoms with Crippen LogP contribution in [0.25, 0.3) is 0 Å². The Bertz CT molecular complexity index is 743. The molecule has 7 heteroatoms. The summed E-state index contributed by atoms with van der Waals surface area (Å²) >= 11 is 0. The van der Waals surface area contributed by atoms with E-state index in [0.29, 0.717) is 32.1 Å². The molecule has 0 unspecified atom stereocenters. The summed E-state index contributed by atoms with van der Waals surface area (Å²) in [5.41, 5.74) is -2.84. The van der Waals surface area contributed by atoms with E-state index in [1.54, 1.807) is 6.92 Å². The van der Waals surface area contributed by atoms with Gasteiger partial charge >= 0.3 is 17.9 Å². The van der Waals surface area contributed by atoms with Crippen LogP contribution in [0.3, 0.4) is 0 Å². The quantitative estimate of drug-likeness (QED) is 0.307. The van der Waals surface area contributed by atoms with Gasteiger partial charge < -0.3 is 14.2 Å². The fourth-order valence-corrected chi connectivity index (χ4v) is 6.29. The van der Waals surface area contributed by atoms with Crippen LogP contribution in [-0.2, 0) is 33.4 Å². The van der Waals surface area contributed by atoms with Crippen molar-refractivity contribution in [1.29, 1.82) is 0 Å². The number of fused-ring (bicyclic) bond motifs is 3. The number of ketones is 1. The summed E-state index contributed by atoms with van der Waals surface area (Å²) in [7, 11) is 3.87. The molecule has 3 aliphatic carbocycles. The summed E-state index contributed by atoms with van der Waals surface area (Å²) < 4.78 is 14.9. The van der Waals surface area contributed by atoms with E-state index in [2.05, 4.69) is 6.92 Å². The lowest BCUT2D eigenvalue weighted by atomic mass is 9.44. The standard InChI is InChI=1S/C22H30O7/c1-20-10-9-16(23)21(2,17(24)27-3)15(20)7-6-13-12-22(18(25)28-4,19(26)29-5)11-8-14(13)20/h6-7,13-15H,8-12H2,1-5H3/t13-,14-,15-,20-,21+/m1/s1. The molecule has 3 rings (SSSR count). The first-order chi connectivity index (χ1) is 13.6. The Hall–Kier alpha value is -2.18. The zero-order valence-electron chi connectivity index (χ0n) is 17.8. The van der Waals surface area contributed by atoms with Gasteiger partial charge in [0.15, 0.2) is 11.2 Å². The third-order valence-electron chi connectivity index (χ3n) is 7.95. The fourth-order valence-electron chi connectivity index (χ4n) is 6.29. The van der Waals surface area contributed by atoms with Crippen molar-refractivity contribution in [2.45, 2.75) is 46.0 Å². The number of hydrogen-bond donors (Lipinski definition) is 0. The molecule has 2 fully saturated rings. The maximum absolute atomic E-state index is 12.8. The van der Waals surface area contributed by atoms with Crippen LogP contribution in [0, 0.1) is 34.0 Å².